The van der Waals surface area contributed by atoms with Gasteiger partial charge in [-0.1, -0.05) is 35.5 Å². The molecule has 1 aromatic carbocycles. The van der Waals surface area contributed by atoms with Gasteiger partial charge in [-0.15, -0.1) is 0 Å². The average Bonchev–Trinajstić information content (AvgIpc) is 2.96. The molecule has 2 heterocycles. The van der Waals surface area contributed by atoms with Crippen molar-refractivity contribution in [2.75, 3.05) is 18.1 Å². The molecule has 0 radical (unpaired) electrons. The summed E-state index contributed by atoms with van der Waals surface area (Å²) < 4.78 is 5.36. The maximum absolute atomic E-state index is 5.36. The molecule has 0 spiro atoms. The maximum atomic E-state index is 5.36. The molecular formula is C14H17N3OS. The predicted octanol–water partition coefficient (Wildman–Crippen LogP) is 2.23. The highest BCUT2D eigenvalue weighted by Crippen LogP contribution is 2.20. The molecule has 0 saturated carbocycles. The van der Waals surface area contributed by atoms with Gasteiger partial charge in [-0.2, -0.15) is 16.7 Å². The summed E-state index contributed by atoms with van der Waals surface area (Å²) in [7, 11) is 0. The highest BCUT2D eigenvalue weighted by Gasteiger charge is 2.21. The molecule has 3 rings (SSSR count). The fourth-order valence-electron chi connectivity index (χ4n) is 2.14. The van der Waals surface area contributed by atoms with E-state index < -0.39 is 0 Å². The molecule has 100 valence electrons. The van der Waals surface area contributed by atoms with Gasteiger partial charge >= 0.3 is 0 Å². The lowest BCUT2D eigenvalue weighted by Crippen LogP contribution is -2.30. The monoisotopic (exact) mass is 275 g/mol. The minimum atomic E-state index is 0.219. The largest absolute Gasteiger partial charge is 0.338 e. The van der Waals surface area contributed by atoms with Crippen molar-refractivity contribution >= 4 is 11.8 Å². The third-order valence-electron chi connectivity index (χ3n) is 3.18. The Kier molecular flexibility index (Phi) is 4.15. The van der Waals surface area contributed by atoms with Crippen LogP contribution < -0.4 is 5.32 Å². The zero-order chi connectivity index (χ0) is 12.9. The van der Waals surface area contributed by atoms with Crippen molar-refractivity contribution in [3.63, 3.8) is 0 Å². The molecule has 2 aromatic rings. The molecule has 1 aliphatic rings. The number of rotatable bonds is 4. The van der Waals surface area contributed by atoms with Crippen LogP contribution in [0.1, 0.15) is 23.3 Å². The van der Waals surface area contributed by atoms with Crippen molar-refractivity contribution in [1.82, 2.24) is 15.5 Å². The van der Waals surface area contributed by atoms with Crippen LogP contribution in [0.25, 0.3) is 0 Å². The number of aromatic nitrogens is 2. The lowest BCUT2D eigenvalue weighted by atomic mass is 10.1. The van der Waals surface area contributed by atoms with Crippen molar-refractivity contribution in [3.8, 4) is 0 Å². The van der Waals surface area contributed by atoms with Crippen LogP contribution in [0.3, 0.4) is 0 Å². The van der Waals surface area contributed by atoms with E-state index in [1.165, 1.54) is 5.56 Å². The second-order valence-corrected chi connectivity index (χ2v) is 5.77. The summed E-state index contributed by atoms with van der Waals surface area (Å²) >= 11 is 1.93. The van der Waals surface area contributed by atoms with Gasteiger partial charge in [-0.3, -0.25) is 0 Å². The van der Waals surface area contributed by atoms with E-state index in [1.54, 1.807) is 0 Å². The van der Waals surface area contributed by atoms with Crippen molar-refractivity contribution < 1.29 is 4.52 Å². The van der Waals surface area contributed by atoms with E-state index in [-0.39, 0.29) is 6.04 Å². The normalized spacial score (nSPS) is 19.5. The first-order valence-corrected chi connectivity index (χ1v) is 7.75. The van der Waals surface area contributed by atoms with Crippen molar-refractivity contribution in [2.24, 2.45) is 0 Å². The topological polar surface area (TPSA) is 51.0 Å². The summed E-state index contributed by atoms with van der Waals surface area (Å²) in [6, 6.07) is 10.6. The fraction of sp³-hybridized carbons (Fsp3) is 0.429. The Bertz CT molecular complexity index is 508. The van der Waals surface area contributed by atoms with Crippen LogP contribution in [-0.4, -0.2) is 28.2 Å². The van der Waals surface area contributed by atoms with Crippen molar-refractivity contribution in [3.05, 3.63) is 47.6 Å². The second kappa shape index (κ2) is 6.21. The zero-order valence-electron chi connectivity index (χ0n) is 10.7. The van der Waals surface area contributed by atoms with E-state index in [4.69, 9.17) is 4.52 Å². The van der Waals surface area contributed by atoms with Crippen LogP contribution in [0.15, 0.2) is 34.9 Å². The Morgan fingerprint density at radius 1 is 1.26 bits per heavy atom. The van der Waals surface area contributed by atoms with Gasteiger partial charge in [0.05, 0.1) is 6.04 Å². The van der Waals surface area contributed by atoms with E-state index in [0.717, 1.165) is 42.6 Å². The van der Waals surface area contributed by atoms with Gasteiger partial charge in [0.15, 0.2) is 5.82 Å². The Morgan fingerprint density at radius 3 is 2.95 bits per heavy atom. The molecule has 4 nitrogen and oxygen atoms in total. The Labute approximate surface area is 117 Å². The number of nitrogens with zero attached hydrogens (tertiary/aromatic N) is 2. The van der Waals surface area contributed by atoms with Crippen LogP contribution in [0.2, 0.25) is 0 Å². The van der Waals surface area contributed by atoms with E-state index in [0.29, 0.717) is 0 Å². The quantitative estimate of drug-likeness (QED) is 0.927. The maximum Gasteiger partial charge on any atom is 0.244 e. The zero-order valence-corrected chi connectivity index (χ0v) is 11.5. The Hall–Kier alpha value is -1.33. The first kappa shape index (κ1) is 12.7. The highest BCUT2D eigenvalue weighted by atomic mass is 32.2. The summed E-state index contributed by atoms with van der Waals surface area (Å²) in [5.74, 6) is 3.71. The number of hydrogen-bond donors (Lipinski definition) is 1. The molecule has 1 N–H and O–H groups in total. The summed E-state index contributed by atoms with van der Waals surface area (Å²) in [6.45, 7) is 1.01. The lowest BCUT2D eigenvalue weighted by molar-refractivity contribution is 0.339. The second-order valence-electron chi connectivity index (χ2n) is 4.62. The number of benzene rings is 1. The number of hydrogen-bond acceptors (Lipinski definition) is 5. The molecule has 19 heavy (non-hydrogen) atoms. The van der Waals surface area contributed by atoms with Crippen molar-refractivity contribution in [1.29, 1.82) is 0 Å². The minimum Gasteiger partial charge on any atom is -0.338 e. The number of aryl methyl sites for hydroxylation is 2. The van der Waals surface area contributed by atoms with E-state index in [2.05, 4.69) is 39.7 Å². The first-order chi connectivity index (χ1) is 9.42. The Balaban J connectivity index is 1.58. The van der Waals surface area contributed by atoms with Crippen LogP contribution >= 0.6 is 11.8 Å². The molecule has 1 saturated heterocycles. The van der Waals surface area contributed by atoms with E-state index in [1.807, 2.05) is 17.8 Å². The first-order valence-electron chi connectivity index (χ1n) is 6.59. The summed E-state index contributed by atoms with van der Waals surface area (Å²) in [4.78, 5) is 4.50. The lowest BCUT2D eigenvalue weighted by Gasteiger charge is -2.19. The molecule has 1 fully saturated rings. The van der Waals surface area contributed by atoms with E-state index in [9.17, 15) is 0 Å². The van der Waals surface area contributed by atoms with Crippen LogP contribution in [0.4, 0.5) is 0 Å². The SMILES string of the molecule is c1ccc(CCc2noc(C3CSCCN3)n2)cc1. The molecule has 5 heteroatoms. The fourth-order valence-corrected chi connectivity index (χ4v) is 3.06. The summed E-state index contributed by atoms with van der Waals surface area (Å²) in [6.07, 6.45) is 1.78. The summed E-state index contributed by atoms with van der Waals surface area (Å²) in [5.41, 5.74) is 1.31. The van der Waals surface area contributed by atoms with Crippen LogP contribution in [0, 0.1) is 0 Å². The van der Waals surface area contributed by atoms with Gasteiger partial charge in [0, 0.05) is 24.5 Å². The molecular weight excluding hydrogens is 258 g/mol. The van der Waals surface area contributed by atoms with Crippen LogP contribution in [0.5, 0.6) is 0 Å². The minimum absolute atomic E-state index is 0.219. The van der Waals surface area contributed by atoms with Gasteiger partial charge in [0.25, 0.3) is 0 Å². The molecule has 1 unspecified atom stereocenters. The molecule has 0 bridgehead atoms. The predicted molar refractivity (Wildman–Crippen MR) is 76.2 cm³/mol. The highest BCUT2D eigenvalue weighted by molar-refractivity contribution is 7.99. The molecule has 1 atom stereocenters. The third-order valence-corrected chi connectivity index (χ3v) is 4.25. The van der Waals surface area contributed by atoms with Gasteiger partial charge < -0.3 is 9.84 Å². The van der Waals surface area contributed by atoms with Crippen LogP contribution in [-0.2, 0) is 12.8 Å². The molecule has 1 aliphatic heterocycles. The average molecular weight is 275 g/mol. The van der Waals surface area contributed by atoms with Gasteiger partial charge in [-0.05, 0) is 12.0 Å². The van der Waals surface area contributed by atoms with Crippen molar-refractivity contribution in [2.45, 2.75) is 18.9 Å². The molecule has 1 aromatic heterocycles. The smallest absolute Gasteiger partial charge is 0.244 e. The Morgan fingerprint density at radius 2 is 2.16 bits per heavy atom. The van der Waals surface area contributed by atoms with Gasteiger partial charge in [0.2, 0.25) is 5.89 Å². The van der Waals surface area contributed by atoms with Gasteiger partial charge in [0.1, 0.15) is 0 Å². The van der Waals surface area contributed by atoms with E-state index >= 15 is 0 Å². The van der Waals surface area contributed by atoms with Gasteiger partial charge in [-0.25, -0.2) is 0 Å². The number of nitrogens with one attached hydrogen (secondary N) is 1. The molecule has 0 aliphatic carbocycles. The molecule has 0 amide bonds. The third kappa shape index (κ3) is 3.36. The number of thioether (sulfide) groups is 1. The summed E-state index contributed by atoms with van der Waals surface area (Å²) in [5, 5.41) is 7.48. The standard InChI is InChI=1S/C14H17N3OS/c1-2-4-11(5-3-1)6-7-13-16-14(18-17-13)12-10-19-9-8-15-12/h1-5,12,15H,6-10H2.